The quantitative estimate of drug-likeness (QED) is 0.106. The smallest absolute Gasteiger partial charge is 0.120 e. The SMILES string of the molecule is C[C@@H](CCNC1C=CC=CC1N)[C@@H](C)NCCC[C@H]1NC(CNCCC(F)/C=C\[C@H]2CN2)=CS1. The monoisotopic (exact) mass is 492 g/mol. The van der Waals surface area contributed by atoms with E-state index in [0.29, 0.717) is 36.3 Å². The summed E-state index contributed by atoms with van der Waals surface area (Å²) in [6, 6.07) is 1.22. The lowest BCUT2D eigenvalue weighted by molar-refractivity contribution is 0.362. The molecule has 192 valence electrons. The van der Waals surface area contributed by atoms with Gasteiger partial charge in [0.1, 0.15) is 6.17 Å². The van der Waals surface area contributed by atoms with Gasteiger partial charge < -0.3 is 32.3 Å². The number of hydrogen-bond donors (Lipinski definition) is 6. The summed E-state index contributed by atoms with van der Waals surface area (Å²) in [4.78, 5) is 0. The topological polar surface area (TPSA) is 96.1 Å². The Kier molecular flexibility index (Phi) is 12.2. The molecule has 7 N–H and O–H groups in total. The van der Waals surface area contributed by atoms with E-state index in [-0.39, 0.29) is 12.1 Å². The highest BCUT2D eigenvalue weighted by atomic mass is 32.2. The van der Waals surface area contributed by atoms with Crippen LogP contribution in [-0.4, -0.2) is 68.4 Å². The number of nitrogens with one attached hydrogen (secondary N) is 5. The van der Waals surface area contributed by atoms with Crippen molar-refractivity contribution in [2.24, 2.45) is 11.7 Å². The molecule has 1 aliphatic carbocycles. The third-order valence-electron chi connectivity index (χ3n) is 6.75. The Labute approximate surface area is 209 Å². The maximum absolute atomic E-state index is 13.8. The van der Waals surface area contributed by atoms with Gasteiger partial charge in [0.25, 0.3) is 0 Å². The van der Waals surface area contributed by atoms with E-state index in [1.54, 1.807) is 6.08 Å². The van der Waals surface area contributed by atoms with E-state index >= 15 is 0 Å². The minimum Gasteiger partial charge on any atom is -0.375 e. The summed E-state index contributed by atoms with van der Waals surface area (Å²) in [5.74, 6) is 0.606. The van der Waals surface area contributed by atoms with Crippen LogP contribution < -0.4 is 32.3 Å². The van der Waals surface area contributed by atoms with Crippen LogP contribution in [0.1, 0.15) is 39.5 Å². The number of halogens is 1. The van der Waals surface area contributed by atoms with Gasteiger partial charge in [-0.25, -0.2) is 4.39 Å². The molecule has 0 spiro atoms. The average molecular weight is 493 g/mol. The van der Waals surface area contributed by atoms with Gasteiger partial charge in [-0.1, -0.05) is 43.4 Å². The predicted molar refractivity (Wildman–Crippen MR) is 144 cm³/mol. The zero-order valence-corrected chi connectivity index (χ0v) is 21.6. The zero-order valence-electron chi connectivity index (χ0n) is 20.8. The van der Waals surface area contributed by atoms with Crippen LogP contribution in [0.4, 0.5) is 4.39 Å². The van der Waals surface area contributed by atoms with Gasteiger partial charge in [0, 0.05) is 43.0 Å². The van der Waals surface area contributed by atoms with E-state index in [4.69, 9.17) is 5.73 Å². The lowest BCUT2D eigenvalue weighted by atomic mass is 9.98. The molecule has 1 saturated heterocycles. The average Bonchev–Trinajstić information content (AvgIpc) is 3.56. The van der Waals surface area contributed by atoms with Crippen LogP contribution in [0.2, 0.25) is 0 Å². The van der Waals surface area contributed by atoms with Crippen LogP contribution in [0, 0.1) is 5.92 Å². The number of nitrogens with two attached hydrogens (primary N) is 1. The molecule has 3 rings (SSSR count). The van der Waals surface area contributed by atoms with E-state index < -0.39 is 6.17 Å². The Morgan fingerprint density at radius 2 is 2.03 bits per heavy atom. The summed E-state index contributed by atoms with van der Waals surface area (Å²) in [6.45, 7) is 9.08. The summed E-state index contributed by atoms with van der Waals surface area (Å²) in [5.41, 5.74) is 7.33. The summed E-state index contributed by atoms with van der Waals surface area (Å²) in [7, 11) is 0. The lowest BCUT2D eigenvalue weighted by Gasteiger charge is -2.25. The number of thioether (sulfide) groups is 1. The molecule has 0 aromatic heterocycles. The van der Waals surface area contributed by atoms with E-state index in [2.05, 4.69) is 58.0 Å². The molecule has 34 heavy (non-hydrogen) atoms. The Morgan fingerprint density at radius 3 is 2.82 bits per heavy atom. The summed E-state index contributed by atoms with van der Waals surface area (Å²) in [5, 5.41) is 20.0. The third kappa shape index (κ3) is 10.6. The van der Waals surface area contributed by atoms with E-state index in [1.807, 2.05) is 30.0 Å². The Hall–Kier alpha value is -1.16. The van der Waals surface area contributed by atoms with Gasteiger partial charge in [-0.05, 0) is 63.6 Å². The second-order valence-corrected chi connectivity index (χ2v) is 10.8. The number of allylic oxidation sites excluding steroid dienone is 3. The number of alkyl halides is 1. The van der Waals surface area contributed by atoms with Crippen molar-refractivity contribution in [3.8, 4) is 0 Å². The molecule has 0 radical (unpaired) electrons. The van der Waals surface area contributed by atoms with Crippen LogP contribution >= 0.6 is 11.8 Å². The van der Waals surface area contributed by atoms with Gasteiger partial charge in [0.15, 0.2) is 0 Å². The van der Waals surface area contributed by atoms with Crippen LogP contribution in [0.25, 0.3) is 0 Å². The van der Waals surface area contributed by atoms with Crippen molar-refractivity contribution in [2.75, 3.05) is 32.7 Å². The fourth-order valence-corrected chi connectivity index (χ4v) is 5.07. The summed E-state index contributed by atoms with van der Waals surface area (Å²) >= 11 is 1.86. The van der Waals surface area contributed by atoms with E-state index in [1.165, 1.54) is 5.70 Å². The van der Waals surface area contributed by atoms with Gasteiger partial charge in [0.2, 0.25) is 0 Å². The molecule has 2 heterocycles. The normalized spacial score (nSPS) is 28.6. The molecule has 1 fully saturated rings. The standard InChI is InChI=1S/C26H45FN6S/c1-19(11-15-31-25-7-4-3-6-24(25)28)20(2)30-13-5-8-26-33-23(18-34-26)16-29-14-12-21(27)9-10-22-17-32-22/h3-4,6-7,9-10,18-22,24-26,29-33H,5,8,11-17,28H2,1-2H3/b10-9-/t19-,20+,21?,22-,24?,25?,26-/m0/s1. The first kappa shape index (κ1) is 27.4. The van der Waals surface area contributed by atoms with E-state index in [0.717, 1.165) is 45.4 Å². The first-order valence-corrected chi connectivity index (χ1v) is 13.9. The van der Waals surface area contributed by atoms with Crippen molar-refractivity contribution < 1.29 is 4.39 Å². The molecular weight excluding hydrogens is 447 g/mol. The fraction of sp³-hybridized carbons (Fsp3) is 0.692. The number of hydrogen-bond acceptors (Lipinski definition) is 7. The zero-order chi connectivity index (χ0) is 24.2. The lowest BCUT2D eigenvalue weighted by Crippen LogP contribution is -2.44. The molecule has 3 aliphatic rings. The largest absolute Gasteiger partial charge is 0.375 e. The molecule has 6 nitrogen and oxygen atoms in total. The maximum Gasteiger partial charge on any atom is 0.120 e. The van der Waals surface area contributed by atoms with Crippen molar-refractivity contribution >= 4 is 11.8 Å². The molecule has 0 bridgehead atoms. The fourth-order valence-electron chi connectivity index (χ4n) is 4.06. The highest BCUT2D eigenvalue weighted by molar-refractivity contribution is 8.02. The third-order valence-corrected chi connectivity index (χ3v) is 7.85. The second-order valence-electron chi connectivity index (χ2n) is 9.77. The van der Waals surface area contributed by atoms with Crippen molar-refractivity contribution in [3.05, 3.63) is 47.6 Å². The molecule has 8 heteroatoms. The maximum atomic E-state index is 13.8. The highest BCUT2D eigenvalue weighted by Gasteiger charge is 2.18. The number of rotatable bonds is 17. The summed E-state index contributed by atoms with van der Waals surface area (Å²) < 4.78 is 13.8. The van der Waals surface area contributed by atoms with Gasteiger partial charge in [-0.15, -0.1) is 11.8 Å². The molecule has 0 saturated carbocycles. The molecule has 2 aliphatic heterocycles. The van der Waals surface area contributed by atoms with Crippen LogP contribution in [0.3, 0.4) is 0 Å². The van der Waals surface area contributed by atoms with Crippen LogP contribution in [0.15, 0.2) is 47.6 Å². The predicted octanol–water partition coefficient (Wildman–Crippen LogP) is 2.53. The Morgan fingerprint density at radius 1 is 1.21 bits per heavy atom. The minimum absolute atomic E-state index is 0.0724. The molecule has 0 aromatic carbocycles. The van der Waals surface area contributed by atoms with Gasteiger partial charge in [-0.2, -0.15) is 0 Å². The first-order chi connectivity index (χ1) is 16.5. The van der Waals surface area contributed by atoms with Gasteiger partial charge >= 0.3 is 0 Å². The first-order valence-electron chi connectivity index (χ1n) is 13.0. The van der Waals surface area contributed by atoms with Crippen molar-refractivity contribution in [1.82, 2.24) is 26.6 Å². The summed E-state index contributed by atoms with van der Waals surface area (Å²) in [6.07, 6.45) is 15.0. The highest BCUT2D eigenvalue weighted by Crippen LogP contribution is 2.23. The van der Waals surface area contributed by atoms with Crippen molar-refractivity contribution in [1.29, 1.82) is 0 Å². The van der Waals surface area contributed by atoms with Crippen LogP contribution in [-0.2, 0) is 0 Å². The molecule has 0 aromatic rings. The molecule has 0 amide bonds. The minimum atomic E-state index is -0.860. The molecular formula is C26H45FN6S. The Bertz CT molecular complexity index is 707. The van der Waals surface area contributed by atoms with Crippen molar-refractivity contribution in [3.63, 3.8) is 0 Å². The molecule has 3 unspecified atom stereocenters. The van der Waals surface area contributed by atoms with Gasteiger partial charge in [-0.3, -0.25) is 0 Å². The Balaban J connectivity index is 1.15. The van der Waals surface area contributed by atoms with E-state index in [9.17, 15) is 4.39 Å². The van der Waals surface area contributed by atoms with Crippen molar-refractivity contribution in [2.45, 2.75) is 75.2 Å². The molecule has 7 atom stereocenters. The second kappa shape index (κ2) is 15.1. The van der Waals surface area contributed by atoms with Gasteiger partial charge in [0.05, 0.1) is 5.37 Å². The van der Waals surface area contributed by atoms with Crippen LogP contribution in [0.5, 0.6) is 0 Å².